The molecule has 0 bridgehead atoms. The number of urea groups is 1. The molecular weight excluding hydrogens is 361 g/mol. The van der Waals surface area contributed by atoms with Gasteiger partial charge in [0.15, 0.2) is 0 Å². The maximum Gasteiger partial charge on any atom is 0.322 e. The number of benzene rings is 1. The average Bonchev–Trinajstić information content (AvgIpc) is 3.41. The van der Waals surface area contributed by atoms with Gasteiger partial charge in [0.1, 0.15) is 5.82 Å². The zero-order valence-corrected chi connectivity index (χ0v) is 16.0. The molecule has 1 saturated carbocycles. The number of nitrogens with one attached hydrogen (secondary N) is 3. The summed E-state index contributed by atoms with van der Waals surface area (Å²) in [5.74, 6) is -0.708. The smallest absolute Gasteiger partial charge is 0.322 e. The van der Waals surface area contributed by atoms with Crippen LogP contribution in [-0.2, 0) is 4.79 Å². The van der Waals surface area contributed by atoms with E-state index in [1.807, 2.05) is 13.8 Å². The van der Waals surface area contributed by atoms with E-state index in [0.717, 1.165) is 29.8 Å². The summed E-state index contributed by atoms with van der Waals surface area (Å²) < 4.78 is 13.2. The molecule has 8 heteroatoms. The number of aromatic nitrogens is 2. The molecule has 0 spiro atoms. The number of hydrogen-bond acceptors (Lipinski definition) is 3. The van der Waals surface area contributed by atoms with E-state index in [9.17, 15) is 14.0 Å². The van der Waals surface area contributed by atoms with Crippen molar-refractivity contribution in [3.05, 3.63) is 58.3 Å². The third-order valence-corrected chi connectivity index (χ3v) is 5.26. The molecule has 2 aromatic rings. The minimum atomic E-state index is -0.610. The Morgan fingerprint density at radius 2 is 1.89 bits per heavy atom. The van der Waals surface area contributed by atoms with Crippen LogP contribution in [0, 0.1) is 19.7 Å². The van der Waals surface area contributed by atoms with Crippen LogP contribution in [0.1, 0.15) is 42.8 Å². The van der Waals surface area contributed by atoms with Gasteiger partial charge in [0.25, 0.3) is 5.91 Å². The molecule has 1 aliphatic heterocycles. The van der Waals surface area contributed by atoms with Gasteiger partial charge in [-0.2, -0.15) is 5.10 Å². The van der Waals surface area contributed by atoms with Crippen LogP contribution >= 0.6 is 0 Å². The molecule has 1 fully saturated rings. The molecular formula is C20H22FN5O2. The number of carbonyl (C=O) groups is 2. The zero-order valence-electron chi connectivity index (χ0n) is 16.0. The summed E-state index contributed by atoms with van der Waals surface area (Å²) in [6, 6.07) is 4.90. The third-order valence-electron chi connectivity index (χ3n) is 5.26. The van der Waals surface area contributed by atoms with Gasteiger partial charge >= 0.3 is 6.03 Å². The first-order valence-electron chi connectivity index (χ1n) is 9.25. The van der Waals surface area contributed by atoms with Crippen LogP contribution in [-0.4, -0.2) is 33.1 Å². The second-order valence-corrected chi connectivity index (χ2v) is 7.29. The van der Waals surface area contributed by atoms with Crippen molar-refractivity contribution in [2.45, 2.75) is 45.7 Å². The topological polar surface area (TPSA) is 90.1 Å². The normalized spacial score (nSPS) is 19.6. The monoisotopic (exact) mass is 383 g/mol. The number of anilines is 1. The molecule has 0 saturated heterocycles. The van der Waals surface area contributed by atoms with Crippen LogP contribution < -0.4 is 10.6 Å². The molecule has 0 unspecified atom stereocenters. The maximum absolute atomic E-state index is 13.2. The number of hydrogen-bond donors (Lipinski definition) is 3. The molecule has 3 N–H and O–H groups in total. The van der Waals surface area contributed by atoms with E-state index >= 15 is 0 Å². The summed E-state index contributed by atoms with van der Waals surface area (Å²) in [4.78, 5) is 27.6. The first kappa shape index (κ1) is 18.2. The Balaban J connectivity index is 1.76. The lowest BCUT2D eigenvalue weighted by Gasteiger charge is -2.36. The average molecular weight is 383 g/mol. The van der Waals surface area contributed by atoms with Crippen LogP contribution in [0.25, 0.3) is 0 Å². The Morgan fingerprint density at radius 3 is 2.46 bits per heavy atom. The van der Waals surface area contributed by atoms with Crippen molar-refractivity contribution < 1.29 is 14.0 Å². The molecule has 4 rings (SSSR count). The van der Waals surface area contributed by atoms with Crippen molar-refractivity contribution >= 4 is 17.6 Å². The van der Waals surface area contributed by atoms with Crippen LogP contribution in [0.4, 0.5) is 14.9 Å². The Labute approximate surface area is 162 Å². The van der Waals surface area contributed by atoms with E-state index in [-0.39, 0.29) is 23.8 Å². The number of aryl methyl sites for hydroxylation is 2. The lowest BCUT2D eigenvalue weighted by molar-refractivity contribution is -0.113. The van der Waals surface area contributed by atoms with Crippen LogP contribution in [0.15, 0.2) is 35.5 Å². The molecule has 28 heavy (non-hydrogen) atoms. The molecule has 1 aliphatic carbocycles. The van der Waals surface area contributed by atoms with Gasteiger partial charge in [-0.05, 0) is 57.9 Å². The van der Waals surface area contributed by atoms with E-state index < -0.39 is 6.04 Å². The Kier molecular flexibility index (Phi) is 4.41. The zero-order chi connectivity index (χ0) is 20.0. The number of allylic oxidation sites excluding steroid dienone is 1. The lowest BCUT2D eigenvalue weighted by Crippen LogP contribution is -2.49. The van der Waals surface area contributed by atoms with Crippen molar-refractivity contribution in [2.75, 3.05) is 5.32 Å². The Bertz CT molecular complexity index is 955. The molecule has 2 aliphatic rings. The summed E-state index contributed by atoms with van der Waals surface area (Å²) in [6.45, 7) is 5.50. The first-order valence-corrected chi connectivity index (χ1v) is 9.25. The minimum absolute atomic E-state index is 0.126. The highest BCUT2D eigenvalue weighted by atomic mass is 19.1. The molecule has 146 valence electrons. The molecule has 1 aromatic heterocycles. The number of rotatable bonds is 4. The molecule has 1 atom stereocenters. The highest BCUT2D eigenvalue weighted by molar-refractivity contribution is 6.06. The predicted molar refractivity (Wildman–Crippen MR) is 102 cm³/mol. The third kappa shape index (κ3) is 3.15. The van der Waals surface area contributed by atoms with E-state index in [2.05, 4.69) is 20.8 Å². The minimum Gasteiger partial charge on any atom is -0.326 e. The molecule has 0 radical (unpaired) electrons. The largest absolute Gasteiger partial charge is 0.326 e. The van der Waals surface area contributed by atoms with Gasteiger partial charge in [0, 0.05) is 28.7 Å². The summed E-state index contributed by atoms with van der Waals surface area (Å²) in [5.41, 5.74) is 3.89. The number of halogens is 1. The van der Waals surface area contributed by atoms with Gasteiger partial charge in [0.2, 0.25) is 0 Å². The van der Waals surface area contributed by atoms with Gasteiger partial charge in [-0.3, -0.25) is 14.8 Å². The van der Waals surface area contributed by atoms with Crippen molar-refractivity contribution in [2.24, 2.45) is 0 Å². The summed E-state index contributed by atoms with van der Waals surface area (Å²) in [5, 5.41) is 12.9. The van der Waals surface area contributed by atoms with Gasteiger partial charge in [0.05, 0.1) is 17.3 Å². The standard InChI is InChI=1S/C20H22FN5O2/c1-10-16(11(2)25-24-10)18-17(12(3)26(15-8-9-15)20(28)23-18)19(27)22-14-6-4-13(21)5-7-14/h4-7,15,18H,8-9H2,1-3H3,(H,22,27)(H,23,28)(H,24,25)/t18-/m0/s1. The van der Waals surface area contributed by atoms with Crippen molar-refractivity contribution in [1.29, 1.82) is 0 Å². The van der Waals surface area contributed by atoms with Gasteiger partial charge < -0.3 is 10.6 Å². The summed E-state index contributed by atoms with van der Waals surface area (Å²) in [6.07, 6.45) is 1.85. The van der Waals surface area contributed by atoms with Gasteiger partial charge in [-0.25, -0.2) is 9.18 Å². The van der Waals surface area contributed by atoms with E-state index in [1.54, 1.807) is 11.8 Å². The predicted octanol–water partition coefficient (Wildman–Crippen LogP) is 3.31. The second kappa shape index (κ2) is 6.78. The molecule has 7 nitrogen and oxygen atoms in total. The fraction of sp³-hybridized carbons (Fsp3) is 0.350. The first-order chi connectivity index (χ1) is 13.4. The van der Waals surface area contributed by atoms with E-state index in [1.165, 1.54) is 24.3 Å². The number of aromatic amines is 1. The van der Waals surface area contributed by atoms with E-state index in [0.29, 0.717) is 17.0 Å². The number of nitrogens with zero attached hydrogens (tertiary/aromatic N) is 2. The quantitative estimate of drug-likeness (QED) is 0.757. The van der Waals surface area contributed by atoms with Gasteiger partial charge in [-0.15, -0.1) is 0 Å². The van der Waals surface area contributed by atoms with Crippen LogP contribution in [0.3, 0.4) is 0 Å². The summed E-state index contributed by atoms with van der Waals surface area (Å²) in [7, 11) is 0. The molecule has 3 amide bonds. The van der Waals surface area contributed by atoms with Gasteiger partial charge in [-0.1, -0.05) is 0 Å². The van der Waals surface area contributed by atoms with Crippen LogP contribution in [0.2, 0.25) is 0 Å². The fourth-order valence-electron chi connectivity index (χ4n) is 3.76. The number of carbonyl (C=O) groups excluding carboxylic acids is 2. The van der Waals surface area contributed by atoms with Crippen LogP contribution in [0.5, 0.6) is 0 Å². The maximum atomic E-state index is 13.2. The highest BCUT2D eigenvalue weighted by Crippen LogP contribution is 2.39. The molecule has 2 heterocycles. The van der Waals surface area contributed by atoms with Crippen molar-refractivity contribution in [1.82, 2.24) is 20.4 Å². The fourth-order valence-corrected chi connectivity index (χ4v) is 3.76. The second-order valence-electron chi connectivity index (χ2n) is 7.29. The van der Waals surface area contributed by atoms with E-state index in [4.69, 9.17) is 0 Å². The summed E-state index contributed by atoms with van der Waals surface area (Å²) >= 11 is 0. The SMILES string of the molecule is CC1=C(C(=O)Nc2ccc(F)cc2)[C@H](c2c(C)n[nH]c2C)NC(=O)N1C1CC1. The van der Waals surface area contributed by atoms with Crippen molar-refractivity contribution in [3.63, 3.8) is 0 Å². The molecule has 1 aromatic carbocycles. The Hall–Kier alpha value is -3.16. The lowest BCUT2D eigenvalue weighted by atomic mass is 9.92. The number of H-pyrrole nitrogens is 1. The Morgan fingerprint density at radius 1 is 1.21 bits per heavy atom. The number of amides is 3. The van der Waals surface area contributed by atoms with Crippen molar-refractivity contribution in [3.8, 4) is 0 Å². The highest BCUT2D eigenvalue weighted by Gasteiger charge is 2.43.